The zero-order valence-electron chi connectivity index (χ0n) is 12.4. The molecule has 2 aromatic carbocycles. The van der Waals surface area contributed by atoms with Crippen molar-refractivity contribution in [1.82, 2.24) is 0 Å². The van der Waals surface area contributed by atoms with Crippen LogP contribution in [-0.4, -0.2) is 14.1 Å². The molecule has 0 radical (unpaired) electrons. The van der Waals surface area contributed by atoms with Crippen LogP contribution in [0.4, 0.5) is 11.4 Å². The maximum absolute atomic E-state index is 6.06. The molecule has 0 saturated carbocycles. The van der Waals surface area contributed by atoms with Crippen LogP contribution in [0.3, 0.4) is 0 Å². The SMILES string of the molecule is Cc1ccc(Cl)cc1NC(C)c1ccc(N(C)C)cc1. The number of rotatable bonds is 4. The maximum atomic E-state index is 6.06. The lowest BCUT2D eigenvalue weighted by Gasteiger charge is -2.19. The Morgan fingerprint density at radius 1 is 1.05 bits per heavy atom. The topological polar surface area (TPSA) is 15.3 Å². The second kappa shape index (κ2) is 6.19. The Hall–Kier alpha value is -1.67. The molecule has 0 amide bonds. The molecule has 0 heterocycles. The first kappa shape index (κ1) is 14.7. The third-order valence-corrected chi connectivity index (χ3v) is 3.72. The van der Waals surface area contributed by atoms with Gasteiger partial charge in [0.25, 0.3) is 0 Å². The zero-order valence-corrected chi connectivity index (χ0v) is 13.2. The minimum absolute atomic E-state index is 0.239. The first-order chi connectivity index (χ1) is 9.47. The van der Waals surface area contributed by atoms with Crippen LogP contribution in [0, 0.1) is 6.92 Å². The van der Waals surface area contributed by atoms with Gasteiger partial charge in [-0.25, -0.2) is 0 Å². The maximum Gasteiger partial charge on any atom is 0.0485 e. The number of benzene rings is 2. The summed E-state index contributed by atoms with van der Waals surface area (Å²) in [6.07, 6.45) is 0. The van der Waals surface area contributed by atoms with Gasteiger partial charge in [-0.15, -0.1) is 0 Å². The van der Waals surface area contributed by atoms with Crippen molar-refractivity contribution >= 4 is 23.0 Å². The quantitative estimate of drug-likeness (QED) is 0.862. The molecule has 0 aromatic heterocycles. The molecule has 2 rings (SSSR count). The van der Waals surface area contributed by atoms with E-state index in [4.69, 9.17) is 11.6 Å². The first-order valence-electron chi connectivity index (χ1n) is 6.77. The largest absolute Gasteiger partial charge is 0.378 e. The highest BCUT2D eigenvalue weighted by molar-refractivity contribution is 6.30. The fourth-order valence-corrected chi connectivity index (χ4v) is 2.30. The normalized spacial score (nSPS) is 12.1. The van der Waals surface area contributed by atoms with E-state index in [9.17, 15) is 0 Å². The molecule has 0 aliphatic rings. The molecule has 0 spiro atoms. The van der Waals surface area contributed by atoms with Crippen LogP contribution in [0.5, 0.6) is 0 Å². The molecule has 2 nitrogen and oxygen atoms in total. The summed E-state index contributed by atoms with van der Waals surface area (Å²) >= 11 is 6.06. The van der Waals surface area contributed by atoms with Gasteiger partial charge in [-0.1, -0.05) is 29.8 Å². The van der Waals surface area contributed by atoms with E-state index in [0.29, 0.717) is 0 Å². The van der Waals surface area contributed by atoms with Crippen LogP contribution in [0.25, 0.3) is 0 Å². The fraction of sp³-hybridized carbons (Fsp3) is 0.294. The summed E-state index contributed by atoms with van der Waals surface area (Å²) in [4.78, 5) is 2.10. The average molecular weight is 289 g/mol. The number of hydrogen-bond donors (Lipinski definition) is 1. The summed E-state index contributed by atoms with van der Waals surface area (Å²) in [5.74, 6) is 0. The van der Waals surface area contributed by atoms with E-state index in [1.807, 2.05) is 32.3 Å². The van der Waals surface area contributed by atoms with Crippen LogP contribution in [0.1, 0.15) is 24.1 Å². The summed E-state index contributed by atoms with van der Waals surface area (Å²) in [7, 11) is 4.10. The van der Waals surface area contributed by atoms with E-state index in [0.717, 1.165) is 10.7 Å². The van der Waals surface area contributed by atoms with Crippen molar-refractivity contribution in [2.75, 3.05) is 24.3 Å². The van der Waals surface area contributed by atoms with Crippen molar-refractivity contribution in [3.63, 3.8) is 0 Å². The third kappa shape index (κ3) is 3.45. The number of aryl methyl sites for hydroxylation is 1. The number of nitrogens with one attached hydrogen (secondary N) is 1. The molecule has 1 N–H and O–H groups in total. The predicted molar refractivity (Wildman–Crippen MR) is 89.0 cm³/mol. The Kier molecular flexibility index (Phi) is 4.56. The molecule has 0 aliphatic heterocycles. The molecular weight excluding hydrogens is 268 g/mol. The Labute approximate surface area is 126 Å². The molecule has 1 unspecified atom stereocenters. The number of halogens is 1. The fourth-order valence-electron chi connectivity index (χ4n) is 2.13. The van der Waals surface area contributed by atoms with Crippen molar-refractivity contribution in [3.8, 4) is 0 Å². The van der Waals surface area contributed by atoms with Crippen molar-refractivity contribution in [1.29, 1.82) is 0 Å². The molecular formula is C17H21ClN2. The lowest BCUT2D eigenvalue weighted by atomic mass is 10.1. The minimum Gasteiger partial charge on any atom is -0.378 e. The van der Waals surface area contributed by atoms with E-state index in [-0.39, 0.29) is 6.04 Å². The summed E-state index contributed by atoms with van der Waals surface area (Å²) in [6.45, 7) is 4.24. The van der Waals surface area contributed by atoms with Crippen molar-refractivity contribution in [3.05, 3.63) is 58.6 Å². The van der Waals surface area contributed by atoms with Crippen molar-refractivity contribution in [2.24, 2.45) is 0 Å². The monoisotopic (exact) mass is 288 g/mol. The summed E-state index contributed by atoms with van der Waals surface area (Å²) < 4.78 is 0. The summed E-state index contributed by atoms with van der Waals surface area (Å²) in [5, 5.41) is 4.28. The zero-order chi connectivity index (χ0) is 14.7. The Morgan fingerprint density at radius 2 is 1.70 bits per heavy atom. The molecule has 2 aromatic rings. The van der Waals surface area contributed by atoms with Gasteiger partial charge in [0.1, 0.15) is 0 Å². The first-order valence-corrected chi connectivity index (χ1v) is 7.15. The van der Waals surface area contributed by atoms with Gasteiger partial charge in [-0.05, 0) is 49.2 Å². The Balaban J connectivity index is 2.15. The van der Waals surface area contributed by atoms with Gasteiger partial charge in [0.05, 0.1) is 0 Å². The van der Waals surface area contributed by atoms with E-state index in [1.54, 1.807) is 0 Å². The Bertz CT molecular complexity index is 576. The van der Waals surface area contributed by atoms with Crippen LogP contribution in [0.2, 0.25) is 5.02 Å². The second-order valence-electron chi connectivity index (χ2n) is 5.31. The molecule has 0 saturated heterocycles. The second-order valence-corrected chi connectivity index (χ2v) is 5.75. The van der Waals surface area contributed by atoms with Gasteiger partial charge in [-0.2, -0.15) is 0 Å². The predicted octanol–water partition coefficient (Wildman–Crippen LogP) is 4.89. The van der Waals surface area contributed by atoms with Gasteiger partial charge in [-0.3, -0.25) is 0 Å². The lowest BCUT2D eigenvalue weighted by Crippen LogP contribution is -2.10. The summed E-state index contributed by atoms with van der Waals surface area (Å²) in [5.41, 5.74) is 4.75. The standard InChI is InChI=1S/C17H21ClN2/c1-12-5-8-15(18)11-17(12)19-13(2)14-6-9-16(10-7-14)20(3)4/h5-11,13,19H,1-4H3. The van der Waals surface area contributed by atoms with Crippen molar-refractivity contribution < 1.29 is 0 Å². The van der Waals surface area contributed by atoms with Gasteiger partial charge >= 0.3 is 0 Å². The molecule has 0 aliphatic carbocycles. The minimum atomic E-state index is 0.239. The number of anilines is 2. The van der Waals surface area contributed by atoms with Gasteiger partial charge in [0.2, 0.25) is 0 Å². The van der Waals surface area contributed by atoms with Crippen molar-refractivity contribution in [2.45, 2.75) is 19.9 Å². The highest BCUT2D eigenvalue weighted by atomic mass is 35.5. The van der Waals surface area contributed by atoms with Crippen LogP contribution in [-0.2, 0) is 0 Å². The van der Waals surface area contributed by atoms with E-state index in [1.165, 1.54) is 16.8 Å². The highest BCUT2D eigenvalue weighted by Gasteiger charge is 2.08. The number of nitrogens with zero attached hydrogens (tertiary/aromatic N) is 1. The average Bonchev–Trinajstić information content (AvgIpc) is 2.43. The summed E-state index contributed by atoms with van der Waals surface area (Å²) in [6, 6.07) is 14.8. The lowest BCUT2D eigenvalue weighted by molar-refractivity contribution is 0.882. The molecule has 0 bridgehead atoms. The van der Waals surface area contributed by atoms with Crippen LogP contribution < -0.4 is 10.2 Å². The van der Waals surface area contributed by atoms with E-state index >= 15 is 0 Å². The highest BCUT2D eigenvalue weighted by Crippen LogP contribution is 2.26. The molecule has 3 heteroatoms. The van der Waals surface area contributed by atoms with E-state index in [2.05, 4.69) is 48.3 Å². The van der Waals surface area contributed by atoms with Gasteiger partial charge in [0, 0.05) is 36.5 Å². The molecule has 1 atom stereocenters. The number of hydrogen-bond acceptors (Lipinski definition) is 2. The molecule has 20 heavy (non-hydrogen) atoms. The van der Waals surface area contributed by atoms with Crippen LogP contribution >= 0.6 is 11.6 Å². The Morgan fingerprint density at radius 3 is 2.30 bits per heavy atom. The molecule has 0 fully saturated rings. The van der Waals surface area contributed by atoms with Crippen LogP contribution in [0.15, 0.2) is 42.5 Å². The smallest absolute Gasteiger partial charge is 0.0485 e. The van der Waals surface area contributed by atoms with Gasteiger partial charge in [0.15, 0.2) is 0 Å². The molecule has 106 valence electrons. The van der Waals surface area contributed by atoms with Gasteiger partial charge < -0.3 is 10.2 Å². The third-order valence-electron chi connectivity index (χ3n) is 3.48. The van der Waals surface area contributed by atoms with E-state index < -0.39 is 0 Å².